The molecule has 128 valence electrons. The van der Waals surface area contributed by atoms with Crippen LogP contribution in [-0.2, 0) is 10.0 Å². The first-order valence-corrected chi connectivity index (χ1v) is 8.95. The molecule has 0 heterocycles. The third-order valence-corrected chi connectivity index (χ3v) is 5.59. The van der Waals surface area contributed by atoms with Crippen LogP contribution in [0.4, 0.5) is 10.1 Å². The van der Waals surface area contributed by atoms with Crippen molar-refractivity contribution >= 4 is 15.7 Å². The van der Waals surface area contributed by atoms with Crippen molar-refractivity contribution < 1.29 is 17.7 Å². The third kappa shape index (κ3) is 4.24. The predicted octanol–water partition coefficient (Wildman–Crippen LogP) is 2.06. The van der Waals surface area contributed by atoms with Crippen LogP contribution >= 0.6 is 0 Å². The Hall–Kier alpha value is -1.58. The van der Waals surface area contributed by atoms with E-state index in [1.165, 1.54) is 0 Å². The first-order valence-electron chi connectivity index (χ1n) is 7.47. The molecule has 1 aromatic carbocycles. The zero-order valence-electron chi connectivity index (χ0n) is 12.6. The molecule has 0 radical (unpaired) electrons. The second kappa shape index (κ2) is 6.90. The fourth-order valence-electron chi connectivity index (χ4n) is 2.83. The van der Waals surface area contributed by atoms with Crippen molar-refractivity contribution in [2.24, 2.45) is 5.73 Å². The SMILES string of the molecule is NC1(CNS(=O)(=O)c2c(F)cccc2[N+](=O)[O-])CCCCCC1. The van der Waals surface area contributed by atoms with Gasteiger partial charge in [-0.15, -0.1) is 0 Å². The average molecular weight is 345 g/mol. The van der Waals surface area contributed by atoms with E-state index in [9.17, 15) is 22.9 Å². The van der Waals surface area contributed by atoms with Crippen molar-refractivity contribution in [2.75, 3.05) is 6.54 Å². The Morgan fingerprint density at radius 2 is 1.87 bits per heavy atom. The summed E-state index contributed by atoms with van der Waals surface area (Å²) >= 11 is 0. The largest absolute Gasteiger partial charge is 0.324 e. The molecule has 0 atom stereocenters. The minimum atomic E-state index is -4.36. The number of halogens is 1. The van der Waals surface area contributed by atoms with E-state index in [0.717, 1.165) is 43.9 Å². The van der Waals surface area contributed by atoms with Gasteiger partial charge in [-0.05, 0) is 18.9 Å². The van der Waals surface area contributed by atoms with Gasteiger partial charge < -0.3 is 5.73 Å². The summed E-state index contributed by atoms with van der Waals surface area (Å²) in [6.07, 6.45) is 5.22. The Labute approximate surface area is 134 Å². The highest BCUT2D eigenvalue weighted by Gasteiger charge is 2.33. The van der Waals surface area contributed by atoms with E-state index in [1.54, 1.807) is 0 Å². The first-order chi connectivity index (χ1) is 10.8. The number of nitrogens with one attached hydrogen (secondary N) is 1. The number of sulfonamides is 1. The molecule has 0 aromatic heterocycles. The van der Waals surface area contributed by atoms with Gasteiger partial charge in [0.2, 0.25) is 10.0 Å². The Morgan fingerprint density at radius 3 is 2.43 bits per heavy atom. The number of nitro groups is 1. The standard InChI is InChI=1S/C14H20FN3O4S/c15-11-6-5-7-12(18(19)20)13(11)23(21,22)17-10-14(16)8-3-1-2-4-9-14/h5-7,17H,1-4,8-10,16H2. The summed E-state index contributed by atoms with van der Waals surface area (Å²) in [6.45, 7) is -0.0686. The fourth-order valence-corrected chi connectivity index (χ4v) is 4.19. The van der Waals surface area contributed by atoms with Gasteiger partial charge >= 0.3 is 0 Å². The number of rotatable bonds is 5. The highest BCUT2D eigenvalue weighted by Crippen LogP contribution is 2.28. The Balaban J connectivity index is 2.24. The van der Waals surface area contributed by atoms with E-state index in [4.69, 9.17) is 5.73 Å². The third-order valence-electron chi connectivity index (χ3n) is 4.13. The molecule has 0 amide bonds. The van der Waals surface area contributed by atoms with Crippen molar-refractivity contribution in [1.82, 2.24) is 4.72 Å². The van der Waals surface area contributed by atoms with Crippen molar-refractivity contribution in [1.29, 1.82) is 0 Å². The van der Waals surface area contributed by atoms with Crippen molar-refractivity contribution in [2.45, 2.75) is 49.0 Å². The summed E-state index contributed by atoms with van der Waals surface area (Å²) in [5, 5.41) is 11.0. The van der Waals surface area contributed by atoms with Crippen LogP contribution in [0.25, 0.3) is 0 Å². The minimum absolute atomic E-state index is 0.0686. The molecule has 1 aliphatic carbocycles. The quantitative estimate of drug-likeness (QED) is 0.481. The number of benzene rings is 1. The molecular formula is C14H20FN3O4S. The summed E-state index contributed by atoms with van der Waals surface area (Å²) in [4.78, 5) is 9.10. The van der Waals surface area contributed by atoms with Gasteiger partial charge in [0.25, 0.3) is 5.69 Å². The van der Waals surface area contributed by atoms with Crippen molar-refractivity contribution in [3.05, 3.63) is 34.1 Å². The second-order valence-electron chi connectivity index (χ2n) is 5.95. The van der Waals surface area contributed by atoms with E-state index in [0.29, 0.717) is 12.8 Å². The molecule has 3 N–H and O–H groups in total. The Bertz CT molecular complexity index is 685. The minimum Gasteiger partial charge on any atom is -0.324 e. The zero-order valence-corrected chi connectivity index (χ0v) is 13.4. The van der Waals surface area contributed by atoms with E-state index in [2.05, 4.69) is 4.72 Å². The molecule has 1 fully saturated rings. The maximum absolute atomic E-state index is 13.9. The lowest BCUT2D eigenvalue weighted by Gasteiger charge is -2.28. The van der Waals surface area contributed by atoms with Gasteiger partial charge in [-0.2, -0.15) is 0 Å². The van der Waals surface area contributed by atoms with Crippen LogP contribution in [0.1, 0.15) is 38.5 Å². The molecule has 0 unspecified atom stereocenters. The van der Waals surface area contributed by atoms with Crippen molar-refractivity contribution in [3.63, 3.8) is 0 Å². The van der Waals surface area contributed by atoms with Gasteiger partial charge in [0, 0.05) is 18.2 Å². The normalized spacial score (nSPS) is 18.3. The lowest BCUT2D eigenvalue weighted by atomic mass is 9.92. The van der Waals surface area contributed by atoms with Crippen LogP contribution in [0.15, 0.2) is 23.1 Å². The Kier molecular flexibility index (Phi) is 5.33. The summed E-state index contributed by atoms with van der Waals surface area (Å²) < 4.78 is 40.8. The molecule has 0 saturated heterocycles. The summed E-state index contributed by atoms with van der Waals surface area (Å²) in [7, 11) is -4.36. The van der Waals surface area contributed by atoms with Crippen LogP contribution in [-0.4, -0.2) is 25.4 Å². The van der Waals surface area contributed by atoms with Crippen molar-refractivity contribution in [3.8, 4) is 0 Å². The lowest BCUT2D eigenvalue weighted by molar-refractivity contribution is -0.388. The summed E-state index contributed by atoms with van der Waals surface area (Å²) in [5.41, 5.74) is 4.73. The van der Waals surface area contributed by atoms with Gasteiger partial charge in [-0.3, -0.25) is 10.1 Å². The van der Waals surface area contributed by atoms with Crippen LogP contribution in [0, 0.1) is 15.9 Å². The summed E-state index contributed by atoms with van der Waals surface area (Å²) in [6, 6.07) is 2.94. The average Bonchev–Trinajstić information content (AvgIpc) is 2.70. The molecule has 0 aliphatic heterocycles. The number of nitro benzene ring substituents is 1. The van der Waals surface area contributed by atoms with Crippen LogP contribution in [0.2, 0.25) is 0 Å². The lowest BCUT2D eigenvalue weighted by Crippen LogP contribution is -2.49. The number of hydrogen-bond donors (Lipinski definition) is 2. The Morgan fingerprint density at radius 1 is 1.26 bits per heavy atom. The highest BCUT2D eigenvalue weighted by atomic mass is 32.2. The van der Waals surface area contributed by atoms with E-state index in [-0.39, 0.29) is 6.54 Å². The van der Waals surface area contributed by atoms with E-state index < -0.39 is 36.9 Å². The van der Waals surface area contributed by atoms with Gasteiger partial charge in [0.1, 0.15) is 5.82 Å². The van der Waals surface area contributed by atoms with Gasteiger partial charge in [0.15, 0.2) is 4.90 Å². The number of nitrogens with two attached hydrogens (primary N) is 1. The number of nitrogens with zero attached hydrogens (tertiary/aromatic N) is 1. The van der Waals surface area contributed by atoms with Crippen LogP contribution in [0.3, 0.4) is 0 Å². The molecule has 0 bridgehead atoms. The molecule has 2 rings (SSSR count). The molecule has 1 aliphatic rings. The monoisotopic (exact) mass is 345 g/mol. The van der Waals surface area contributed by atoms with E-state index >= 15 is 0 Å². The highest BCUT2D eigenvalue weighted by molar-refractivity contribution is 7.89. The topological polar surface area (TPSA) is 115 Å². The second-order valence-corrected chi connectivity index (χ2v) is 7.65. The molecule has 1 aromatic rings. The molecule has 23 heavy (non-hydrogen) atoms. The molecule has 0 spiro atoms. The molecular weight excluding hydrogens is 325 g/mol. The molecule has 1 saturated carbocycles. The first kappa shape index (κ1) is 17.8. The number of hydrogen-bond acceptors (Lipinski definition) is 5. The smallest absolute Gasteiger partial charge is 0.292 e. The molecule has 7 nitrogen and oxygen atoms in total. The summed E-state index contributed by atoms with van der Waals surface area (Å²) in [5.74, 6) is -1.15. The van der Waals surface area contributed by atoms with Crippen LogP contribution in [0.5, 0.6) is 0 Å². The fraction of sp³-hybridized carbons (Fsp3) is 0.571. The van der Waals surface area contributed by atoms with Crippen LogP contribution < -0.4 is 10.5 Å². The zero-order chi connectivity index (χ0) is 17.1. The van der Waals surface area contributed by atoms with Gasteiger partial charge in [-0.1, -0.05) is 31.7 Å². The molecule has 9 heteroatoms. The van der Waals surface area contributed by atoms with E-state index in [1.807, 2.05) is 0 Å². The van der Waals surface area contributed by atoms with Gasteiger partial charge in [-0.25, -0.2) is 17.5 Å². The van der Waals surface area contributed by atoms with Gasteiger partial charge in [0.05, 0.1) is 4.92 Å². The predicted molar refractivity (Wildman–Crippen MR) is 82.9 cm³/mol. The maximum Gasteiger partial charge on any atom is 0.292 e. The maximum atomic E-state index is 13.9.